The Morgan fingerprint density at radius 2 is 1.30 bits per heavy atom. The van der Waals surface area contributed by atoms with E-state index in [1.165, 1.54) is 13.8 Å². The molecule has 0 aliphatic carbocycles. The molecule has 11 nitrogen and oxygen atoms in total. The average molecular weight is 531 g/mol. The Hall–Kier alpha value is -2.24. The standard InChI is InChI=1S/C26H46N2O9/c1-16-17(2)23(33-18(3)29)24(34-19(4)30)35-20(16)13-27-11-12-28(14-21(31)36-25(5,6)7)15-22(32)37-26(8,9)10/h16-17,20,23-24,27H,11-15H2,1-10H3/t16-,17-,20?,23?,24?/m0/s1. The molecule has 0 bridgehead atoms. The second kappa shape index (κ2) is 14.1. The summed E-state index contributed by atoms with van der Waals surface area (Å²) in [5, 5.41) is 3.29. The quantitative estimate of drug-likeness (QED) is 0.239. The normalized spacial score (nSPS) is 24.4. The predicted octanol–water partition coefficient (Wildman–Crippen LogP) is 2.05. The number of nitrogens with zero attached hydrogens (tertiary/aromatic N) is 1. The van der Waals surface area contributed by atoms with Crippen LogP contribution in [0.2, 0.25) is 0 Å². The van der Waals surface area contributed by atoms with Gasteiger partial charge in [-0.1, -0.05) is 13.8 Å². The fraction of sp³-hybridized carbons (Fsp3) is 0.846. The highest BCUT2D eigenvalue weighted by atomic mass is 16.7. The zero-order chi connectivity index (χ0) is 28.6. The molecule has 1 saturated heterocycles. The third-order valence-corrected chi connectivity index (χ3v) is 5.59. The summed E-state index contributed by atoms with van der Waals surface area (Å²) in [6, 6.07) is 0. The van der Waals surface area contributed by atoms with Crippen LogP contribution in [-0.2, 0) is 42.9 Å². The molecule has 1 fully saturated rings. The lowest BCUT2D eigenvalue weighted by atomic mass is 9.83. The second-order valence-electron chi connectivity index (χ2n) is 11.5. The van der Waals surface area contributed by atoms with E-state index in [1.807, 2.05) is 13.8 Å². The van der Waals surface area contributed by atoms with Crippen molar-refractivity contribution in [1.82, 2.24) is 10.2 Å². The zero-order valence-electron chi connectivity index (χ0n) is 24.0. The van der Waals surface area contributed by atoms with Crippen LogP contribution in [-0.4, -0.2) is 91.2 Å². The predicted molar refractivity (Wildman–Crippen MR) is 135 cm³/mol. The van der Waals surface area contributed by atoms with E-state index in [4.69, 9.17) is 23.7 Å². The van der Waals surface area contributed by atoms with Gasteiger partial charge in [0.1, 0.15) is 11.2 Å². The Kier molecular flexibility index (Phi) is 12.5. The minimum atomic E-state index is -1.00. The third kappa shape index (κ3) is 13.2. The molecule has 1 heterocycles. The van der Waals surface area contributed by atoms with Gasteiger partial charge in [-0.3, -0.25) is 24.1 Å². The summed E-state index contributed by atoms with van der Waals surface area (Å²) in [5.74, 6) is -2.01. The summed E-state index contributed by atoms with van der Waals surface area (Å²) >= 11 is 0. The van der Waals surface area contributed by atoms with Crippen molar-refractivity contribution in [2.45, 2.75) is 98.9 Å². The Morgan fingerprint density at radius 3 is 1.73 bits per heavy atom. The van der Waals surface area contributed by atoms with Gasteiger partial charge in [-0.05, 0) is 47.5 Å². The lowest BCUT2D eigenvalue weighted by Crippen LogP contribution is -2.55. The number of esters is 4. The van der Waals surface area contributed by atoms with Crippen LogP contribution < -0.4 is 5.32 Å². The Bertz CT molecular complexity index is 758. The number of carbonyl (C=O) groups is 4. The van der Waals surface area contributed by atoms with Crippen molar-refractivity contribution in [3.05, 3.63) is 0 Å². The first kappa shape index (κ1) is 32.8. The van der Waals surface area contributed by atoms with Crippen molar-refractivity contribution >= 4 is 23.9 Å². The summed E-state index contributed by atoms with van der Waals surface area (Å²) in [6.07, 6.45) is -2.03. The molecule has 0 spiro atoms. The van der Waals surface area contributed by atoms with Gasteiger partial charge in [-0.2, -0.15) is 0 Å². The largest absolute Gasteiger partial charge is 0.459 e. The highest BCUT2D eigenvalue weighted by molar-refractivity contribution is 5.75. The highest BCUT2D eigenvalue weighted by Crippen LogP contribution is 2.33. The van der Waals surface area contributed by atoms with E-state index in [0.717, 1.165) is 0 Å². The molecule has 1 aliphatic rings. The molecule has 1 aliphatic heterocycles. The van der Waals surface area contributed by atoms with Gasteiger partial charge in [0.25, 0.3) is 0 Å². The van der Waals surface area contributed by atoms with Crippen molar-refractivity contribution in [2.24, 2.45) is 11.8 Å². The van der Waals surface area contributed by atoms with Crippen molar-refractivity contribution in [3.63, 3.8) is 0 Å². The first-order chi connectivity index (χ1) is 16.9. The maximum Gasteiger partial charge on any atom is 0.320 e. The van der Waals surface area contributed by atoms with Crippen LogP contribution in [0.25, 0.3) is 0 Å². The van der Waals surface area contributed by atoms with Gasteiger partial charge in [0.2, 0.25) is 6.29 Å². The highest BCUT2D eigenvalue weighted by Gasteiger charge is 2.45. The smallest absolute Gasteiger partial charge is 0.320 e. The summed E-state index contributed by atoms with van der Waals surface area (Å²) in [6.45, 7) is 18.3. The van der Waals surface area contributed by atoms with E-state index in [0.29, 0.717) is 19.6 Å². The lowest BCUT2D eigenvalue weighted by Gasteiger charge is -2.43. The molecule has 1 rings (SSSR count). The van der Waals surface area contributed by atoms with Gasteiger partial charge in [-0.25, -0.2) is 0 Å². The number of hydrogen-bond donors (Lipinski definition) is 1. The van der Waals surface area contributed by atoms with Crippen LogP contribution in [0.1, 0.15) is 69.2 Å². The number of carbonyl (C=O) groups excluding carboxylic acids is 4. The molecule has 3 unspecified atom stereocenters. The zero-order valence-corrected chi connectivity index (χ0v) is 24.0. The SMILES string of the molecule is CC(=O)OC1OC(CNCCN(CC(=O)OC(C)(C)C)CC(=O)OC(C)(C)C)[C@@H](C)[C@H](C)C1OC(C)=O. The molecule has 0 saturated carbocycles. The van der Waals surface area contributed by atoms with Crippen LogP contribution in [0.5, 0.6) is 0 Å². The number of rotatable bonds is 11. The Morgan fingerprint density at radius 1 is 0.811 bits per heavy atom. The first-order valence-electron chi connectivity index (χ1n) is 12.7. The number of hydrogen-bond acceptors (Lipinski definition) is 11. The van der Waals surface area contributed by atoms with Gasteiger partial charge < -0.3 is 29.0 Å². The summed E-state index contributed by atoms with van der Waals surface area (Å²) in [5.41, 5.74) is -1.28. The molecular formula is C26H46N2O9. The molecule has 0 aromatic heterocycles. The molecule has 0 radical (unpaired) electrons. The lowest BCUT2D eigenvalue weighted by molar-refractivity contribution is -0.265. The molecule has 0 amide bonds. The van der Waals surface area contributed by atoms with E-state index >= 15 is 0 Å². The van der Waals surface area contributed by atoms with Gasteiger partial charge in [0.15, 0.2) is 6.10 Å². The van der Waals surface area contributed by atoms with Gasteiger partial charge in [0.05, 0.1) is 19.2 Å². The molecule has 0 aromatic rings. The third-order valence-electron chi connectivity index (χ3n) is 5.59. The summed E-state index contributed by atoms with van der Waals surface area (Å²) in [7, 11) is 0. The minimum absolute atomic E-state index is 0.0108. The van der Waals surface area contributed by atoms with Crippen molar-refractivity contribution < 1.29 is 42.9 Å². The van der Waals surface area contributed by atoms with E-state index in [1.54, 1.807) is 46.4 Å². The molecule has 1 N–H and O–H groups in total. The first-order valence-corrected chi connectivity index (χ1v) is 12.7. The fourth-order valence-corrected chi connectivity index (χ4v) is 3.91. The van der Waals surface area contributed by atoms with Crippen molar-refractivity contribution in [3.8, 4) is 0 Å². The number of ether oxygens (including phenoxy) is 5. The fourth-order valence-electron chi connectivity index (χ4n) is 3.91. The molecular weight excluding hydrogens is 484 g/mol. The summed E-state index contributed by atoms with van der Waals surface area (Å²) in [4.78, 5) is 49.6. The van der Waals surface area contributed by atoms with E-state index in [-0.39, 0.29) is 31.0 Å². The second-order valence-corrected chi connectivity index (χ2v) is 11.5. The van der Waals surface area contributed by atoms with Gasteiger partial charge in [-0.15, -0.1) is 0 Å². The number of nitrogens with one attached hydrogen (secondary N) is 1. The molecule has 37 heavy (non-hydrogen) atoms. The topological polar surface area (TPSA) is 130 Å². The molecule has 5 atom stereocenters. The Balaban J connectivity index is 2.76. The van der Waals surface area contributed by atoms with Crippen molar-refractivity contribution in [2.75, 3.05) is 32.7 Å². The van der Waals surface area contributed by atoms with Crippen LogP contribution in [0.4, 0.5) is 0 Å². The van der Waals surface area contributed by atoms with E-state index in [2.05, 4.69) is 5.32 Å². The maximum atomic E-state index is 12.4. The molecule has 0 aromatic carbocycles. The average Bonchev–Trinajstić information content (AvgIpc) is 2.68. The van der Waals surface area contributed by atoms with Crippen LogP contribution in [0, 0.1) is 11.8 Å². The van der Waals surface area contributed by atoms with Crippen LogP contribution in [0.3, 0.4) is 0 Å². The molecule has 11 heteroatoms. The minimum Gasteiger partial charge on any atom is -0.459 e. The van der Waals surface area contributed by atoms with Crippen LogP contribution in [0.15, 0.2) is 0 Å². The Labute approximate surface area is 220 Å². The maximum absolute atomic E-state index is 12.4. The van der Waals surface area contributed by atoms with E-state index < -0.39 is 47.5 Å². The van der Waals surface area contributed by atoms with E-state index in [9.17, 15) is 19.2 Å². The monoisotopic (exact) mass is 530 g/mol. The van der Waals surface area contributed by atoms with Crippen LogP contribution >= 0.6 is 0 Å². The summed E-state index contributed by atoms with van der Waals surface area (Å²) < 4.78 is 27.5. The van der Waals surface area contributed by atoms with Crippen molar-refractivity contribution in [1.29, 1.82) is 0 Å². The molecule has 214 valence electrons. The van der Waals surface area contributed by atoms with Gasteiger partial charge in [0, 0.05) is 39.4 Å². The van der Waals surface area contributed by atoms with Gasteiger partial charge >= 0.3 is 23.9 Å².